The number of carboxylic acids is 1. The van der Waals surface area contributed by atoms with Crippen LogP contribution in [-0.4, -0.2) is 72.2 Å². The minimum atomic E-state index is -0.831. The maximum Gasteiger partial charge on any atom is 0.310 e. The Bertz CT molecular complexity index is 361. The average Bonchev–Trinajstić information content (AvgIpc) is 2.96. The number of hydrogen-bond donors (Lipinski definition) is 1. The number of carbonyl (C=O) groups is 2. The lowest BCUT2D eigenvalue weighted by Gasteiger charge is -2.34. The fourth-order valence-corrected chi connectivity index (χ4v) is 3.03. The first-order valence-corrected chi connectivity index (χ1v) is 6.87. The molecule has 0 spiro atoms. The number of likely N-dealkylation sites (tertiary alicyclic amines) is 1. The van der Waals surface area contributed by atoms with Crippen LogP contribution >= 0.6 is 0 Å². The summed E-state index contributed by atoms with van der Waals surface area (Å²) in [6.07, 6.45) is 1.68. The third-order valence-corrected chi connectivity index (χ3v) is 4.08. The van der Waals surface area contributed by atoms with Gasteiger partial charge in [0.15, 0.2) is 0 Å². The van der Waals surface area contributed by atoms with E-state index in [1.807, 2.05) is 6.92 Å². The second-order valence-electron chi connectivity index (χ2n) is 5.35. The fraction of sp³-hybridized carbons (Fsp3) is 0.846. The first-order valence-electron chi connectivity index (χ1n) is 6.87. The van der Waals surface area contributed by atoms with Crippen LogP contribution in [0.2, 0.25) is 0 Å². The van der Waals surface area contributed by atoms with Crippen molar-refractivity contribution in [1.82, 2.24) is 9.80 Å². The SMILES string of the molecule is CCCN(C1CCN(C)C1=O)C1COCC1C(=O)O. The molecule has 108 valence electrons. The van der Waals surface area contributed by atoms with Crippen molar-refractivity contribution >= 4 is 11.9 Å². The van der Waals surface area contributed by atoms with Crippen LogP contribution in [0.5, 0.6) is 0 Å². The van der Waals surface area contributed by atoms with Crippen LogP contribution < -0.4 is 0 Å². The van der Waals surface area contributed by atoms with E-state index in [1.54, 1.807) is 11.9 Å². The van der Waals surface area contributed by atoms with Gasteiger partial charge in [-0.05, 0) is 19.4 Å². The van der Waals surface area contributed by atoms with Crippen LogP contribution in [0, 0.1) is 5.92 Å². The molecule has 1 amide bonds. The van der Waals surface area contributed by atoms with Crippen LogP contribution in [-0.2, 0) is 14.3 Å². The highest BCUT2D eigenvalue weighted by molar-refractivity contribution is 5.84. The molecule has 0 radical (unpaired) electrons. The lowest BCUT2D eigenvalue weighted by molar-refractivity contribution is -0.144. The van der Waals surface area contributed by atoms with Gasteiger partial charge in [-0.2, -0.15) is 0 Å². The van der Waals surface area contributed by atoms with Gasteiger partial charge in [0.1, 0.15) is 0 Å². The molecule has 1 N–H and O–H groups in total. The smallest absolute Gasteiger partial charge is 0.310 e. The molecule has 0 aromatic heterocycles. The molecule has 0 aromatic carbocycles. The molecule has 2 heterocycles. The summed E-state index contributed by atoms with van der Waals surface area (Å²) in [6, 6.07) is -0.364. The molecule has 3 unspecified atom stereocenters. The second kappa shape index (κ2) is 5.88. The lowest BCUT2D eigenvalue weighted by Crippen LogP contribution is -2.51. The summed E-state index contributed by atoms with van der Waals surface area (Å²) in [7, 11) is 1.80. The Morgan fingerprint density at radius 3 is 2.79 bits per heavy atom. The predicted octanol–water partition coefficient (Wildman–Crippen LogP) is 0.0287. The van der Waals surface area contributed by atoms with Gasteiger partial charge in [-0.25, -0.2) is 0 Å². The summed E-state index contributed by atoms with van der Waals surface area (Å²) in [5.41, 5.74) is 0. The molecule has 2 aliphatic rings. The number of hydrogen-bond acceptors (Lipinski definition) is 4. The number of ether oxygens (including phenoxy) is 1. The van der Waals surface area contributed by atoms with Gasteiger partial charge in [0, 0.05) is 19.6 Å². The molecule has 0 aliphatic carbocycles. The zero-order valence-corrected chi connectivity index (χ0v) is 11.5. The summed E-state index contributed by atoms with van der Waals surface area (Å²) < 4.78 is 5.33. The van der Waals surface area contributed by atoms with E-state index < -0.39 is 11.9 Å². The number of rotatable bonds is 5. The Hall–Kier alpha value is -1.14. The van der Waals surface area contributed by atoms with E-state index in [0.29, 0.717) is 6.61 Å². The van der Waals surface area contributed by atoms with E-state index in [4.69, 9.17) is 4.74 Å². The standard InChI is InChI=1S/C13H22N2O4/c1-3-5-15(10-4-6-14(2)12(10)16)11-8-19-7-9(11)13(17)18/h9-11H,3-8H2,1-2H3,(H,17,18). The van der Waals surface area contributed by atoms with E-state index in [0.717, 1.165) is 25.9 Å². The van der Waals surface area contributed by atoms with Crippen molar-refractivity contribution in [2.75, 3.05) is 33.4 Å². The molecule has 2 saturated heterocycles. The van der Waals surface area contributed by atoms with E-state index >= 15 is 0 Å². The fourth-order valence-electron chi connectivity index (χ4n) is 3.03. The van der Waals surface area contributed by atoms with Crippen molar-refractivity contribution in [3.05, 3.63) is 0 Å². The van der Waals surface area contributed by atoms with Gasteiger partial charge in [0.2, 0.25) is 5.91 Å². The number of carbonyl (C=O) groups excluding carboxylic acids is 1. The minimum absolute atomic E-state index is 0.101. The molecule has 19 heavy (non-hydrogen) atoms. The van der Waals surface area contributed by atoms with E-state index in [2.05, 4.69) is 4.90 Å². The number of amides is 1. The number of nitrogens with zero attached hydrogens (tertiary/aromatic N) is 2. The van der Waals surface area contributed by atoms with Crippen molar-refractivity contribution in [3.8, 4) is 0 Å². The molecule has 2 rings (SSSR count). The van der Waals surface area contributed by atoms with Gasteiger partial charge >= 0.3 is 5.97 Å². The molecule has 0 saturated carbocycles. The molecule has 6 nitrogen and oxygen atoms in total. The Kier molecular flexibility index (Phi) is 4.42. The Morgan fingerprint density at radius 1 is 1.53 bits per heavy atom. The highest BCUT2D eigenvalue weighted by atomic mass is 16.5. The van der Waals surface area contributed by atoms with Crippen molar-refractivity contribution in [1.29, 1.82) is 0 Å². The van der Waals surface area contributed by atoms with Crippen molar-refractivity contribution in [3.63, 3.8) is 0 Å². The van der Waals surface area contributed by atoms with Crippen LogP contribution in [0.3, 0.4) is 0 Å². The zero-order valence-electron chi connectivity index (χ0n) is 11.5. The summed E-state index contributed by atoms with van der Waals surface area (Å²) in [6.45, 7) is 4.18. The van der Waals surface area contributed by atoms with E-state index in [-0.39, 0.29) is 24.6 Å². The molecule has 2 aliphatic heterocycles. The molecule has 2 fully saturated rings. The molecule has 0 bridgehead atoms. The minimum Gasteiger partial charge on any atom is -0.481 e. The molecular formula is C13H22N2O4. The maximum atomic E-state index is 12.2. The monoisotopic (exact) mass is 270 g/mol. The Labute approximate surface area is 113 Å². The summed E-state index contributed by atoms with van der Waals surface area (Å²) in [5.74, 6) is -1.25. The largest absolute Gasteiger partial charge is 0.481 e. The van der Waals surface area contributed by atoms with Crippen molar-refractivity contribution in [2.24, 2.45) is 5.92 Å². The summed E-state index contributed by atoms with van der Waals surface area (Å²) in [4.78, 5) is 27.2. The van der Waals surface area contributed by atoms with Crippen molar-refractivity contribution < 1.29 is 19.4 Å². The zero-order chi connectivity index (χ0) is 14.0. The highest BCUT2D eigenvalue weighted by Crippen LogP contribution is 2.26. The third-order valence-electron chi connectivity index (χ3n) is 4.08. The van der Waals surface area contributed by atoms with Gasteiger partial charge in [0.05, 0.1) is 25.2 Å². The van der Waals surface area contributed by atoms with Crippen LogP contribution in [0.1, 0.15) is 19.8 Å². The van der Waals surface area contributed by atoms with E-state index in [9.17, 15) is 14.7 Å². The second-order valence-corrected chi connectivity index (χ2v) is 5.35. The van der Waals surface area contributed by atoms with E-state index in [1.165, 1.54) is 0 Å². The van der Waals surface area contributed by atoms with Gasteiger partial charge in [-0.1, -0.05) is 6.92 Å². The highest BCUT2D eigenvalue weighted by Gasteiger charge is 2.44. The van der Waals surface area contributed by atoms with Gasteiger partial charge < -0.3 is 14.7 Å². The van der Waals surface area contributed by atoms with Crippen LogP contribution in [0.4, 0.5) is 0 Å². The first kappa shape index (κ1) is 14.3. The predicted molar refractivity (Wildman–Crippen MR) is 68.8 cm³/mol. The Morgan fingerprint density at radius 2 is 2.26 bits per heavy atom. The molecule has 0 aromatic rings. The quantitative estimate of drug-likeness (QED) is 0.763. The normalized spacial score (nSPS) is 31.4. The summed E-state index contributed by atoms with van der Waals surface area (Å²) >= 11 is 0. The number of aliphatic carboxylic acids is 1. The lowest BCUT2D eigenvalue weighted by atomic mass is 9.99. The maximum absolute atomic E-state index is 12.2. The Balaban J connectivity index is 2.15. The van der Waals surface area contributed by atoms with Crippen LogP contribution in [0.15, 0.2) is 0 Å². The van der Waals surface area contributed by atoms with Crippen molar-refractivity contribution in [2.45, 2.75) is 31.8 Å². The molecular weight excluding hydrogens is 248 g/mol. The van der Waals surface area contributed by atoms with Gasteiger partial charge in [-0.15, -0.1) is 0 Å². The topological polar surface area (TPSA) is 70.1 Å². The number of carboxylic acid groups (broad SMARTS) is 1. The number of likely N-dealkylation sites (N-methyl/N-ethyl adjacent to an activating group) is 1. The third kappa shape index (κ3) is 2.74. The molecule has 6 heteroatoms. The van der Waals surface area contributed by atoms with Crippen LogP contribution in [0.25, 0.3) is 0 Å². The first-order chi connectivity index (χ1) is 9.06. The van der Waals surface area contributed by atoms with Gasteiger partial charge in [0.25, 0.3) is 0 Å². The summed E-state index contributed by atoms with van der Waals surface area (Å²) in [5, 5.41) is 9.26. The van der Waals surface area contributed by atoms with Gasteiger partial charge in [-0.3, -0.25) is 14.5 Å². The molecule has 3 atom stereocenters. The average molecular weight is 270 g/mol.